The highest BCUT2D eigenvalue weighted by atomic mass is 19.4. The zero-order valence-electron chi connectivity index (χ0n) is 14.8. The number of aromatic nitrogens is 1. The normalized spacial score (nSPS) is 25.9. The maximum atomic E-state index is 13.7. The molecule has 27 heavy (non-hydrogen) atoms. The van der Waals surface area contributed by atoms with Crippen LogP contribution in [-0.2, 0) is 11.3 Å². The molecule has 1 aromatic carbocycles. The number of esters is 1. The van der Waals surface area contributed by atoms with Gasteiger partial charge in [-0.05, 0) is 38.1 Å². The van der Waals surface area contributed by atoms with Crippen LogP contribution in [0.4, 0.5) is 17.6 Å². The Morgan fingerprint density at radius 1 is 1.22 bits per heavy atom. The molecule has 2 aromatic rings. The van der Waals surface area contributed by atoms with Crippen molar-refractivity contribution in [3.8, 4) is 0 Å². The van der Waals surface area contributed by atoms with E-state index in [2.05, 4.69) is 11.9 Å². The molecule has 2 saturated heterocycles. The fourth-order valence-electron chi connectivity index (χ4n) is 4.43. The minimum Gasteiger partial charge on any atom is -0.459 e. The van der Waals surface area contributed by atoms with Crippen molar-refractivity contribution in [2.75, 3.05) is 7.05 Å². The van der Waals surface area contributed by atoms with Gasteiger partial charge in [0.2, 0.25) is 0 Å². The molecule has 0 unspecified atom stereocenters. The average molecular weight is 384 g/mol. The predicted molar refractivity (Wildman–Crippen MR) is 91.0 cm³/mol. The highest BCUT2D eigenvalue weighted by molar-refractivity contribution is 6.04. The lowest BCUT2D eigenvalue weighted by Crippen LogP contribution is -2.43. The van der Waals surface area contributed by atoms with Gasteiger partial charge < -0.3 is 14.2 Å². The van der Waals surface area contributed by atoms with Crippen molar-refractivity contribution < 1.29 is 27.1 Å². The molecular weight excluding hydrogens is 364 g/mol. The topological polar surface area (TPSA) is 34.5 Å². The van der Waals surface area contributed by atoms with Crippen molar-refractivity contribution in [1.82, 2.24) is 9.47 Å². The molecule has 2 fully saturated rings. The summed E-state index contributed by atoms with van der Waals surface area (Å²) in [5.74, 6) is -1.31. The lowest BCUT2D eigenvalue weighted by atomic mass is 10.0. The van der Waals surface area contributed by atoms with Crippen LogP contribution in [0.2, 0.25) is 0 Å². The number of piperidine rings is 1. The summed E-state index contributed by atoms with van der Waals surface area (Å²) in [6.07, 6.45) is -0.0436. The summed E-state index contributed by atoms with van der Waals surface area (Å²) >= 11 is 0. The minimum atomic E-state index is -4.45. The molecule has 3 atom stereocenters. The van der Waals surface area contributed by atoms with Gasteiger partial charge in [-0.3, -0.25) is 0 Å². The van der Waals surface area contributed by atoms with E-state index >= 15 is 0 Å². The third kappa shape index (κ3) is 3.54. The van der Waals surface area contributed by atoms with E-state index in [1.54, 1.807) is 0 Å². The van der Waals surface area contributed by atoms with Gasteiger partial charge in [0.05, 0.1) is 5.56 Å². The molecule has 2 aliphatic rings. The van der Waals surface area contributed by atoms with Gasteiger partial charge in [0.15, 0.2) is 0 Å². The molecule has 4 rings (SSSR count). The van der Waals surface area contributed by atoms with Crippen LogP contribution in [0.1, 0.15) is 36.0 Å². The molecule has 0 radical (unpaired) electrons. The Morgan fingerprint density at radius 3 is 2.52 bits per heavy atom. The summed E-state index contributed by atoms with van der Waals surface area (Å²) in [5.41, 5.74) is 0.129. The molecule has 1 aromatic heterocycles. The first-order valence-electron chi connectivity index (χ1n) is 8.99. The highest BCUT2D eigenvalue weighted by Crippen LogP contribution is 2.36. The van der Waals surface area contributed by atoms with Gasteiger partial charge in [0, 0.05) is 42.0 Å². The third-order valence-electron chi connectivity index (χ3n) is 5.74. The van der Waals surface area contributed by atoms with Crippen LogP contribution in [0.5, 0.6) is 0 Å². The number of hydrogen-bond acceptors (Lipinski definition) is 3. The van der Waals surface area contributed by atoms with Crippen LogP contribution in [0.15, 0.2) is 24.4 Å². The maximum absolute atomic E-state index is 13.7. The number of nitrogens with zero attached hydrogens (tertiary/aromatic N) is 2. The van der Waals surface area contributed by atoms with Crippen LogP contribution in [0.3, 0.4) is 0 Å². The van der Waals surface area contributed by atoms with E-state index in [0.717, 1.165) is 35.7 Å². The van der Waals surface area contributed by atoms with E-state index in [1.165, 1.54) is 6.07 Å². The van der Waals surface area contributed by atoms with Gasteiger partial charge in [0.25, 0.3) is 0 Å². The number of carbonyl (C=O) groups excluding carboxylic acids is 1. The zero-order chi connectivity index (χ0) is 19.3. The standard InChI is InChI=1S/C19H20F4N2O2/c1-24-12-3-4-13(24)8-14(7-12)27-18(26)16-9-25(10-19(21,22)23)17-5-2-11(20)6-15(16)17/h2,5-6,9,12-14H,3-4,7-8,10H2,1H3/t12-,13+,14+. The molecular formula is C19H20F4N2O2. The average Bonchev–Trinajstić information content (AvgIpc) is 2.98. The fourth-order valence-corrected chi connectivity index (χ4v) is 4.43. The smallest absolute Gasteiger partial charge is 0.406 e. The Balaban J connectivity index is 1.61. The van der Waals surface area contributed by atoms with Gasteiger partial charge in [-0.2, -0.15) is 13.2 Å². The van der Waals surface area contributed by atoms with E-state index in [4.69, 9.17) is 4.74 Å². The van der Waals surface area contributed by atoms with Gasteiger partial charge in [-0.15, -0.1) is 0 Å². The van der Waals surface area contributed by atoms with Crippen LogP contribution in [-0.4, -0.2) is 46.8 Å². The second kappa shape index (κ2) is 6.51. The van der Waals surface area contributed by atoms with Crippen LogP contribution < -0.4 is 0 Å². The molecule has 0 saturated carbocycles. The monoisotopic (exact) mass is 384 g/mol. The van der Waals surface area contributed by atoms with Crippen molar-refractivity contribution in [2.45, 2.75) is 56.6 Å². The van der Waals surface area contributed by atoms with E-state index < -0.39 is 24.5 Å². The largest absolute Gasteiger partial charge is 0.459 e. The van der Waals surface area contributed by atoms with Crippen molar-refractivity contribution in [3.05, 3.63) is 35.8 Å². The summed E-state index contributed by atoms with van der Waals surface area (Å²) in [7, 11) is 2.06. The number of fused-ring (bicyclic) bond motifs is 3. The molecule has 3 heterocycles. The van der Waals surface area contributed by atoms with E-state index in [0.29, 0.717) is 24.9 Å². The summed E-state index contributed by atoms with van der Waals surface area (Å²) in [4.78, 5) is 15.0. The molecule has 8 heteroatoms. The van der Waals surface area contributed by atoms with Crippen LogP contribution in [0, 0.1) is 5.82 Å². The first kappa shape index (κ1) is 18.3. The number of alkyl halides is 3. The quantitative estimate of drug-likeness (QED) is 0.590. The Bertz CT molecular complexity index is 862. The van der Waals surface area contributed by atoms with Gasteiger partial charge in [0.1, 0.15) is 18.5 Å². The van der Waals surface area contributed by atoms with E-state index in [-0.39, 0.29) is 22.6 Å². The molecule has 4 nitrogen and oxygen atoms in total. The third-order valence-corrected chi connectivity index (χ3v) is 5.74. The van der Waals surface area contributed by atoms with Crippen molar-refractivity contribution in [2.24, 2.45) is 0 Å². The molecule has 2 bridgehead atoms. The van der Waals surface area contributed by atoms with Gasteiger partial charge in [-0.1, -0.05) is 0 Å². The second-order valence-electron chi connectivity index (χ2n) is 7.50. The Hall–Kier alpha value is -2.09. The molecule has 0 amide bonds. The first-order chi connectivity index (χ1) is 12.7. The number of carbonyl (C=O) groups is 1. The SMILES string of the molecule is CN1[C@@H]2CC[C@H]1C[C@@H](OC(=O)c1cn(CC(F)(F)F)c3ccc(F)cc13)C2. The summed E-state index contributed by atoms with van der Waals surface area (Å²) in [6, 6.07) is 4.15. The summed E-state index contributed by atoms with van der Waals surface area (Å²) in [5, 5.41) is 0.139. The first-order valence-corrected chi connectivity index (χ1v) is 8.99. The van der Waals surface area contributed by atoms with Crippen molar-refractivity contribution in [1.29, 1.82) is 0 Å². The number of halogens is 4. The minimum absolute atomic E-state index is 0.0278. The Labute approximate surface area is 153 Å². The Morgan fingerprint density at radius 2 is 1.89 bits per heavy atom. The lowest BCUT2D eigenvalue weighted by molar-refractivity contribution is -0.139. The van der Waals surface area contributed by atoms with Crippen LogP contribution >= 0.6 is 0 Å². The number of hydrogen-bond donors (Lipinski definition) is 0. The van der Waals surface area contributed by atoms with Crippen molar-refractivity contribution >= 4 is 16.9 Å². The molecule has 0 spiro atoms. The van der Waals surface area contributed by atoms with Gasteiger partial charge in [-0.25, -0.2) is 9.18 Å². The van der Waals surface area contributed by atoms with Gasteiger partial charge >= 0.3 is 12.1 Å². The highest BCUT2D eigenvalue weighted by Gasteiger charge is 2.40. The molecule has 2 aliphatic heterocycles. The molecule has 146 valence electrons. The molecule has 0 aliphatic carbocycles. The predicted octanol–water partition coefficient (Wildman–Crippen LogP) is 4.12. The second-order valence-corrected chi connectivity index (χ2v) is 7.50. The lowest BCUT2D eigenvalue weighted by Gasteiger charge is -2.35. The summed E-state index contributed by atoms with van der Waals surface area (Å²) in [6.45, 7) is -1.25. The number of rotatable bonds is 3. The Kier molecular flexibility index (Phi) is 4.41. The molecule has 0 N–H and O–H groups in total. The number of ether oxygens (including phenoxy) is 1. The fraction of sp³-hybridized carbons (Fsp3) is 0.526. The maximum Gasteiger partial charge on any atom is 0.406 e. The number of benzene rings is 1. The van der Waals surface area contributed by atoms with Crippen molar-refractivity contribution in [3.63, 3.8) is 0 Å². The summed E-state index contributed by atoms with van der Waals surface area (Å²) < 4.78 is 58.7. The zero-order valence-corrected chi connectivity index (χ0v) is 14.8. The van der Waals surface area contributed by atoms with E-state index in [1.807, 2.05) is 0 Å². The van der Waals surface area contributed by atoms with E-state index in [9.17, 15) is 22.4 Å². The van der Waals surface area contributed by atoms with Crippen LogP contribution in [0.25, 0.3) is 10.9 Å².